The SMILES string of the molecule is COc1cc(CNCCc2nc(C)no2)cc(Cl)c1OC. The zero-order valence-corrected chi connectivity index (χ0v) is 13.0. The van der Waals surface area contributed by atoms with Crippen molar-refractivity contribution in [2.45, 2.75) is 19.9 Å². The Morgan fingerprint density at radius 3 is 2.71 bits per heavy atom. The summed E-state index contributed by atoms with van der Waals surface area (Å²) in [5.74, 6) is 2.44. The molecule has 21 heavy (non-hydrogen) atoms. The quantitative estimate of drug-likeness (QED) is 0.792. The number of aryl methyl sites for hydroxylation is 1. The van der Waals surface area contributed by atoms with Gasteiger partial charge in [-0.3, -0.25) is 0 Å². The average molecular weight is 312 g/mol. The fourth-order valence-electron chi connectivity index (χ4n) is 1.94. The van der Waals surface area contributed by atoms with Gasteiger partial charge >= 0.3 is 0 Å². The third-order valence-electron chi connectivity index (χ3n) is 2.91. The summed E-state index contributed by atoms with van der Waals surface area (Å²) in [7, 11) is 3.15. The van der Waals surface area contributed by atoms with Crippen molar-refractivity contribution in [1.82, 2.24) is 15.5 Å². The molecule has 1 N–H and O–H groups in total. The van der Waals surface area contributed by atoms with Crippen LogP contribution in [0, 0.1) is 6.92 Å². The normalized spacial score (nSPS) is 10.7. The van der Waals surface area contributed by atoms with Gasteiger partial charge in [0.15, 0.2) is 17.3 Å². The maximum atomic E-state index is 6.16. The molecule has 1 aromatic carbocycles. The Hall–Kier alpha value is -1.79. The minimum absolute atomic E-state index is 0.529. The second-order valence-electron chi connectivity index (χ2n) is 4.48. The first kappa shape index (κ1) is 15.6. The molecule has 0 saturated heterocycles. The van der Waals surface area contributed by atoms with E-state index in [0.29, 0.717) is 41.2 Å². The van der Waals surface area contributed by atoms with Crippen molar-refractivity contribution in [3.63, 3.8) is 0 Å². The number of nitrogens with zero attached hydrogens (tertiary/aromatic N) is 2. The van der Waals surface area contributed by atoms with Crippen LogP contribution in [0.25, 0.3) is 0 Å². The molecule has 0 aliphatic carbocycles. The molecular weight excluding hydrogens is 294 g/mol. The Morgan fingerprint density at radius 1 is 1.29 bits per heavy atom. The first-order valence-electron chi connectivity index (χ1n) is 6.54. The van der Waals surface area contributed by atoms with Crippen LogP contribution in [0.3, 0.4) is 0 Å². The maximum Gasteiger partial charge on any atom is 0.227 e. The van der Waals surface area contributed by atoms with Crippen molar-refractivity contribution in [2.75, 3.05) is 20.8 Å². The van der Waals surface area contributed by atoms with Crippen LogP contribution < -0.4 is 14.8 Å². The number of halogens is 1. The Morgan fingerprint density at radius 2 is 2.10 bits per heavy atom. The second kappa shape index (κ2) is 7.28. The van der Waals surface area contributed by atoms with Gasteiger partial charge in [0, 0.05) is 19.5 Å². The molecule has 114 valence electrons. The molecule has 0 unspecified atom stereocenters. The van der Waals surface area contributed by atoms with Crippen LogP contribution in [0.4, 0.5) is 0 Å². The van der Waals surface area contributed by atoms with Crippen LogP contribution in [-0.4, -0.2) is 30.9 Å². The van der Waals surface area contributed by atoms with Crippen molar-refractivity contribution in [3.05, 3.63) is 34.4 Å². The molecule has 0 amide bonds. The van der Waals surface area contributed by atoms with E-state index in [2.05, 4.69) is 15.5 Å². The molecule has 6 nitrogen and oxygen atoms in total. The molecule has 0 bridgehead atoms. The van der Waals surface area contributed by atoms with Gasteiger partial charge in [0.25, 0.3) is 0 Å². The highest BCUT2D eigenvalue weighted by Crippen LogP contribution is 2.35. The minimum atomic E-state index is 0.529. The zero-order valence-electron chi connectivity index (χ0n) is 12.3. The van der Waals surface area contributed by atoms with Crippen molar-refractivity contribution in [1.29, 1.82) is 0 Å². The molecule has 0 aliphatic heterocycles. The molecule has 7 heteroatoms. The molecule has 0 atom stereocenters. The molecule has 0 saturated carbocycles. The van der Waals surface area contributed by atoms with Crippen molar-refractivity contribution >= 4 is 11.6 Å². The lowest BCUT2D eigenvalue weighted by molar-refractivity contribution is 0.354. The van der Waals surface area contributed by atoms with Crippen LogP contribution >= 0.6 is 11.6 Å². The van der Waals surface area contributed by atoms with Gasteiger partial charge in [-0.1, -0.05) is 16.8 Å². The first-order chi connectivity index (χ1) is 10.1. The van der Waals surface area contributed by atoms with Crippen LogP contribution in [0.2, 0.25) is 5.02 Å². The number of aromatic nitrogens is 2. The number of methoxy groups -OCH3 is 2. The predicted octanol–water partition coefficient (Wildman–Crippen LogP) is 2.38. The largest absolute Gasteiger partial charge is 0.493 e. The highest BCUT2D eigenvalue weighted by molar-refractivity contribution is 6.32. The topological polar surface area (TPSA) is 69.4 Å². The van der Waals surface area contributed by atoms with E-state index in [4.69, 9.17) is 25.6 Å². The molecule has 2 aromatic rings. The van der Waals surface area contributed by atoms with Gasteiger partial charge in [0.2, 0.25) is 5.89 Å². The van der Waals surface area contributed by atoms with Gasteiger partial charge in [0.1, 0.15) is 0 Å². The zero-order chi connectivity index (χ0) is 15.2. The molecule has 2 rings (SSSR count). The Bertz CT molecular complexity index is 601. The number of hydrogen-bond acceptors (Lipinski definition) is 6. The highest BCUT2D eigenvalue weighted by Gasteiger charge is 2.10. The lowest BCUT2D eigenvalue weighted by atomic mass is 10.2. The summed E-state index contributed by atoms with van der Waals surface area (Å²) in [6.45, 7) is 3.19. The molecule has 1 aromatic heterocycles. The number of ether oxygens (including phenoxy) is 2. The monoisotopic (exact) mass is 311 g/mol. The lowest BCUT2D eigenvalue weighted by Gasteiger charge is -2.12. The Balaban J connectivity index is 1.89. The Kier molecular flexibility index (Phi) is 5.41. The van der Waals surface area contributed by atoms with E-state index < -0.39 is 0 Å². The number of nitrogens with one attached hydrogen (secondary N) is 1. The van der Waals surface area contributed by atoms with E-state index in [1.54, 1.807) is 21.1 Å². The van der Waals surface area contributed by atoms with E-state index in [0.717, 1.165) is 12.1 Å². The molecule has 0 spiro atoms. The maximum absolute atomic E-state index is 6.16. The van der Waals surface area contributed by atoms with E-state index in [1.807, 2.05) is 12.1 Å². The van der Waals surface area contributed by atoms with Gasteiger partial charge in [-0.15, -0.1) is 0 Å². The van der Waals surface area contributed by atoms with Gasteiger partial charge in [-0.25, -0.2) is 0 Å². The van der Waals surface area contributed by atoms with Gasteiger partial charge in [-0.05, 0) is 24.6 Å². The van der Waals surface area contributed by atoms with Crippen molar-refractivity contribution < 1.29 is 14.0 Å². The van der Waals surface area contributed by atoms with Gasteiger partial charge < -0.3 is 19.3 Å². The van der Waals surface area contributed by atoms with E-state index in [9.17, 15) is 0 Å². The lowest BCUT2D eigenvalue weighted by Crippen LogP contribution is -2.17. The predicted molar refractivity (Wildman–Crippen MR) is 79.0 cm³/mol. The fraction of sp³-hybridized carbons (Fsp3) is 0.429. The van der Waals surface area contributed by atoms with Gasteiger partial charge in [0.05, 0.1) is 19.2 Å². The molecule has 1 heterocycles. The summed E-state index contributed by atoms with van der Waals surface area (Å²) >= 11 is 6.16. The Labute approximate surface area is 128 Å². The fourth-order valence-corrected chi connectivity index (χ4v) is 2.25. The van der Waals surface area contributed by atoms with Crippen LogP contribution in [0.5, 0.6) is 11.5 Å². The first-order valence-corrected chi connectivity index (χ1v) is 6.92. The van der Waals surface area contributed by atoms with Crippen LogP contribution in [0.1, 0.15) is 17.3 Å². The van der Waals surface area contributed by atoms with Gasteiger partial charge in [-0.2, -0.15) is 4.98 Å². The summed E-state index contributed by atoms with van der Waals surface area (Å²) in [4.78, 5) is 4.14. The van der Waals surface area contributed by atoms with E-state index in [-0.39, 0.29) is 0 Å². The smallest absolute Gasteiger partial charge is 0.227 e. The molecular formula is C14H18ClN3O3. The molecule has 0 fully saturated rings. The molecule has 0 aliphatic rings. The number of hydrogen-bond donors (Lipinski definition) is 1. The third-order valence-corrected chi connectivity index (χ3v) is 3.19. The standard InChI is InChI=1S/C14H18ClN3O3/c1-9-17-13(21-18-9)4-5-16-8-10-6-11(15)14(20-3)12(7-10)19-2/h6-7,16H,4-5,8H2,1-3H3. The highest BCUT2D eigenvalue weighted by atomic mass is 35.5. The summed E-state index contributed by atoms with van der Waals surface area (Å²) in [5, 5.41) is 7.57. The van der Waals surface area contributed by atoms with E-state index >= 15 is 0 Å². The minimum Gasteiger partial charge on any atom is -0.493 e. The van der Waals surface area contributed by atoms with E-state index in [1.165, 1.54) is 0 Å². The van der Waals surface area contributed by atoms with Crippen molar-refractivity contribution in [3.8, 4) is 11.5 Å². The van der Waals surface area contributed by atoms with Crippen molar-refractivity contribution in [2.24, 2.45) is 0 Å². The van der Waals surface area contributed by atoms with Crippen LogP contribution in [0.15, 0.2) is 16.7 Å². The summed E-state index contributed by atoms with van der Waals surface area (Å²) < 4.78 is 15.5. The summed E-state index contributed by atoms with van der Waals surface area (Å²) in [5.41, 5.74) is 1.01. The second-order valence-corrected chi connectivity index (χ2v) is 4.88. The number of benzene rings is 1. The molecule has 0 radical (unpaired) electrons. The number of rotatable bonds is 7. The average Bonchev–Trinajstić information content (AvgIpc) is 2.88. The summed E-state index contributed by atoms with van der Waals surface area (Å²) in [6, 6.07) is 3.75. The third kappa shape index (κ3) is 4.09. The van der Waals surface area contributed by atoms with Crippen LogP contribution in [-0.2, 0) is 13.0 Å². The summed E-state index contributed by atoms with van der Waals surface area (Å²) in [6.07, 6.45) is 0.682.